The average molecular weight is 271 g/mol. The van der Waals surface area contributed by atoms with E-state index >= 15 is 0 Å². The maximum Gasteiger partial charge on any atom is 0.243 e. The number of hydrogen-bond donors (Lipinski definition) is 1. The first-order valence-corrected chi connectivity index (χ1v) is 6.71. The fourth-order valence-corrected chi connectivity index (χ4v) is 2.19. The van der Waals surface area contributed by atoms with E-state index in [1.54, 1.807) is 0 Å². The molecule has 0 aliphatic rings. The number of fused-ring (bicyclic) bond motifs is 1. The van der Waals surface area contributed by atoms with E-state index in [0.717, 1.165) is 17.4 Å². The Morgan fingerprint density at radius 1 is 1.25 bits per heavy atom. The van der Waals surface area contributed by atoms with Gasteiger partial charge in [-0.05, 0) is 24.5 Å². The highest BCUT2D eigenvalue weighted by Gasteiger charge is 2.18. The normalized spacial score (nSPS) is 13.2. The summed E-state index contributed by atoms with van der Waals surface area (Å²) in [7, 11) is 0. The zero-order chi connectivity index (χ0) is 14.1. The van der Waals surface area contributed by atoms with Crippen LogP contribution in [-0.2, 0) is 0 Å². The molecular formula is C15H17N3O2. The molecule has 0 amide bonds. The largest absolute Gasteiger partial charge is 0.453 e. The Balaban J connectivity index is 1.89. The van der Waals surface area contributed by atoms with Crippen molar-refractivity contribution in [1.29, 1.82) is 0 Å². The lowest BCUT2D eigenvalue weighted by Crippen LogP contribution is -2.13. The topological polar surface area (TPSA) is 78.1 Å². The lowest BCUT2D eigenvalue weighted by atomic mass is 10.0. The van der Waals surface area contributed by atoms with Crippen LogP contribution in [0.1, 0.15) is 32.2 Å². The van der Waals surface area contributed by atoms with Crippen molar-refractivity contribution < 1.29 is 8.94 Å². The van der Waals surface area contributed by atoms with Crippen molar-refractivity contribution in [1.82, 2.24) is 10.1 Å². The van der Waals surface area contributed by atoms with Gasteiger partial charge in [0.1, 0.15) is 5.58 Å². The number of para-hydroxylation sites is 1. The van der Waals surface area contributed by atoms with Gasteiger partial charge in [-0.1, -0.05) is 37.2 Å². The van der Waals surface area contributed by atoms with Gasteiger partial charge in [-0.15, -0.1) is 0 Å². The molecule has 3 aromatic rings. The van der Waals surface area contributed by atoms with E-state index < -0.39 is 0 Å². The molecule has 0 bridgehead atoms. The van der Waals surface area contributed by atoms with Crippen LogP contribution < -0.4 is 5.73 Å². The highest BCUT2D eigenvalue weighted by atomic mass is 16.5. The molecule has 3 rings (SSSR count). The summed E-state index contributed by atoms with van der Waals surface area (Å²) in [5.41, 5.74) is 6.84. The first-order chi connectivity index (χ1) is 9.63. The van der Waals surface area contributed by atoms with Crippen molar-refractivity contribution in [2.24, 2.45) is 11.7 Å². The van der Waals surface area contributed by atoms with E-state index in [1.807, 2.05) is 30.3 Å². The van der Waals surface area contributed by atoms with E-state index in [2.05, 4.69) is 24.0 Å². The minimum absolute atomic E-state index is 0.236. The number of rotatable bonds is 4. The molecule has 1 aromatic carbocycles. The molecular weight excluding hydrogens is 254 g/mol. The Labute approximate surface area is 116 Å². The Morgan fingerprint density at radius 2 is 2.05 bits per heavy atom. The molecule has 2 aromatic heterocycles. The average Bonchev–Trinajstić information content (AvgIpc) is 3.04. The van der Waals surface area contributed by atoms with Gasteiger partial charge in [0.05, 0.1) is 6.04 Å². The zero-order valence-corrected chi connectivity index (χ0v) is 11.5. The second-order valence-corrected chi connectivity index (χ2v) is 5.34. The van der Waals surface area contributed by atoms with Crippen molar-refractivity contribution in [2.75, 3.05) is 0 Å². The van der Waals surface area contributed by atoms with Gasteiger partial charge in [0.2, 0.25) is 11.7 Å². The van der Waals surface area contributed by atoms with Crippen LogP contribution in [0.25, 0.3) is 22.6 Å². The molecule has 104 valence electrons. The zero-order valence-electron chi connectivity index (χ0n) is 11.5. The second-order valence-electron chi connectivity index (χ2n) is 5.34. The molecule has 0 aliphatic carbocycles. The van der Waals surface area contributed by atoms with E-state index in [9.17, 15) is 0 Å². The van der Waals surface area contributed by atoms with Crippen LogP contribution in [0.2, 0.25) is 0 Å². The van der Waals surface area contributed by atoms with Crippen molar-refractivity contribution in [2.45, 2.75) is 26.3 Å². The molecule has 2 N–H and O–H groups in total. The fourth-order valence-electron chi connectivity index (χ4n) is 2.19. The number of benzene rings is 1. The van der Waals surface area contributed by atoms with Gasteiger partial charge < -0.3 is 14.7 Å². The van der Waals surface area contributed by atoms with Crippen LogP contribution >= 0.6 is 0 Å². The Kier molecular flexibility index (Phi) is 3.28. The molecule has 5 heteroatoms. The Bertz CT molecular complexity index is 682. The number of furan rings is 1. The highest BCUT2D eigenvalue weighted by molar-refractivity contribution is 5.81. The van der Waals surface area contributed by atoms with Crippen LogP contribution in [-0.4, -0.2) is 10.1 Å². The molecule has 1 atom stereocenters. The molecule has 0 spiro atoms. The number of nitrogens with zero attached hydrogens (tertiary/aromatic N) is 2. The molecule has 20 heavy (non-hydrogen) atoms. The Hall–Kier alpha value is -2.14. The van der Waals surface area contributed by atoms with Crippen LogP contribution in [0.5, 0.6) is 0 Å². The monoisotopic (exact) mass is 271 g/mol. The smallest absolute Gasteiger partial charge is 0.243 e. The van der Waals surface area contributed by atoms with Gasteiger partial charge in [0.15, 0.2) is 5.76 Å². The minimum atomic E-state index is -0.236. The molecule has 0 unspecified atom stereocenters. The first kappa shape index (κ1) is 12.9. The first-order valence-electron chi connectivity index (χ1n) is 6.71. The summed E-state index contributed by atoms with van der Waals surface area (Å²) in [6.45, 7) is 4.22. The SMILES string of the molecule is CC(C)C[C@@H](N)c1nc(-c2cc3ccccc3o2)no1. The summed E-state index contributed by atoms with van der Waals surface area (Å²) < 4.78 is 10.9. The predicted octanol–water partition coefficient (Wildman–Crippen LogP) is 3.53. The Morgan fingerprint density at radius 3 is 2.80 bits per heavy atom. The summed E-state index contributed by atoms with van der Waals surface area (Å²) in [5, 5.41) is 4.96. The lowest BCUT2D eigenvalue weighted by Gasteiger charge is -2.08. The van der Waals surface area contributed by atoms with E-state index in [4.69, 9.17) is 14.7 Å². The van der Waals surface area contributed by atoms with Gasteiger partial charge in [-0.2, -0.15) is 4.98 Å². The summed E-state index contributed by atoms with van der Waals surface area (Å²) >= 11 is 0. The standard InChI is InChI=1S/C15H17N3O2/c1-9(2)7-11(16)15-17-14(18-20-15)13-8-10-5-3-4-6-12(10)19-13/h3-6,8-9,11H,7,16H2,1-2H3/t11-/m1/s1. The summed E-state index contributed by atoms with van der Waals surface area (Å²) in [5.74, 6) is 1.97. The van der Waals surface area contributed by atoms with Gasteiger partial charge in [-0.3, -0.25) is 0 Å². The molecule has 2 heterocycles. The van der Waals surface area contributed by atoms with Gasteiger partial charge in [0.25, 0.3) is 0 Å². The van der Waals surface area contributed by atoms with E-state index in [0.29, 0.717) is 23.4 Å². The van der Waals surface area contributed by atoms with Gasteiger partial charge in [-0.25, -0.2) is 0 Å². The molecule has 0 saturated carbocycles. The highest BCUT2D eigenvalue weighted by Crippen LogP contribution is 2.27. The van der Waals surface area contributed by atoms with Gasteiger partial charge >= 0.3 is 0 Å². The number of nitrogens with two attached hydrogens (primary N) is 1. The molecule has 0 saturated heterocycles. The number of aromatic nitrogens is 2. The maximum absolute atomic E-state index is 6.04. The summed E-state index contributed by atoms with van der Waals surface area (Å²) in [6, 6.07) is 9.44. The van der Waals surface area contributed by atoms with Crippen LogP contribution in [0, 0.1) is 5.92 Å². The van der Waals surface area contributed by atoms with Crippen LogP contribution in [0.15, 0.2) is 39.3 Å². The minimum Gasteiger partial charge on any atom is -0.453 e. The summed E-state index contributed by atoms with van der Waals surface area (Å²) in [4.78, 5) is 4.33. The van der Waals surface area contributed by atoms with Gasteiger partial charge in [0, 0.05) is 5.39 Å². The fraction of sp³-hybridized carbons (Fsp3) is 0.333. The lowest BCUT2D eigenvalue weighted by molar-refractivity contribution is 0.335. The van der Waals surface area contributed by atoms with Crippen molar-refractivity contribution in [3.8, 4) is 11.6 Å². The van der Waals surface area contributed by atoms with Crippen LogP contribution in [0.4, 0.5) is 0 Å². The maximum atomic E-state index is 6.04. The molecule has 5 nitrogen and oxygen atoms in total. The third-order valence-electron chi connectivity index (χ3n) is 3.13. The van der Waals surface area contributed by atoms with Crippen LogP contribution in [0.3, 0.4) is 0 Å². The van der Waals surface area contributed by atoms with Crippen molar-refractivity contribution >= 4 is 11.0 Å². The van der Waals surface area contributed by atoms with Crippen molar-refractivity contribution in [3.05, 3.63) is 36.2 Å². The predicted molar refractivity (Wildman–Crippen MR) is 75.9 cm³/mol. The third-order valence-corrected chi connectivity index (χ3v) is 3.13. The number of hydrogen-bond acceptors (Lipinski definition) is 5. The summed E-state index contributed by atoms with van der Waals surface area (Å²) in [6.07, 6.45) is 0.807. The quantitative estimate of drug-likeness (QED) is 0.785. The molecule has 0 aliphatic heterocycles. The van der Waals surface area contributed by atoms with E-state index in [-0.39, 0.29) is 6.04 Å². The van der Waals surface area contributed by atoms with E-state index in [1.165, 1.54) is 0 Å². The molecule has 0 fully saturated rings. The third kappa shape index (κ3) is 2.44. The van der Waals surface area contributed by atoms with Crippen molar-refractivity contribution in [3.63, 3.8) is 0 Å². The molecule has 0 radical (unpaired) electrons. The second kappa shape index (κ2) is 5.09.